The third-order valence-electron chi connectivity index (χ3n) is 4.24. The lowest BCUT2D eigenvalue weighted by atomic mass is 10.0. The van der Waals surface area contributed by atoms with Crippen molar-refractivity contribution in [2.75, 3.05) is 21.9 Å². The number of benzene rings is 2. The summed E-state index contributed by atoms with van der Waals surface area (Å²) in [6.45, 7) is 7.91. The van der Waals surface area contributed by atoms with E-state index >= 15 is 0 Å². The summed E-state index contributed by atoms with van der Waals surface area (Å²) < 4.78 is 25.6. The lowest BCUT2D eigenvalue weighted by Gasteiger charge is -2.22. The molecule has 5 nitrogen and oxygen atoms in total. The Morgan fingerprint density at radius 2 is 1.65 bits per heavy atom. The van der Waals surface area contributed by atoms with Crippen molar-refractivity contribution in [3.8, 4) is 0 Å². The summed E-state index contributed by atoms with van der Waals surface area (Å²) in [5.41, 5.74) is 2.91. The first-order valence-electron chi connectivity index (χ1n) is 8.80. The van der Waals surface area contributed by atoms with Crippen LogP contribution in [0.25, 0.3) is 0 Å². The standard InChI is InChI=1S/C20H26N2O3S/c1-5-22(26(24,25)6-2)17-13-11-16(12-14-17)20(23)21-19-10-8-7-9-18(19)15(3)4/h7-15H,5-6H2,1-4H3,(H,21,23). The van der Waals surface area contributed by atoms with Crippen molar-refractivity contribution >= 4 is 27.3 Å². The molecule has 1 amide bonds. The molecular weight excluding hydrogens is 348 g/mol. The number of carbonyl (C=O) groups is 1. The fraction of sp³-hybridized carbons (Fsp3) is 0.350. The van der Waals surface area contributed by atoms with E-state index in [2.05, 4.69) is 19.2 Å². The smallest absolute Gasteiger partial charge is 0.255 e. The molecule has 0 aromatic heterocycles. The molecular formula is C20H26N2O3S. The van der Waals surface area contributed by atoms with E-state index in [-0.39, 0.29) is 11.7 Å². The van der Waals surface area contributed by atoms with Crippen molar-refractivity contribution < 1.29 is 13.2 Å². The average molecular weight is 375 g/mol. The van der Waals surface area contributed by atoms with Crippen LogP contribution in [0.4, 0.5) is 11.4 Å². The minimum absolute atomic E-state index is 0.0368. The minimum atomic E-state index is -3.33. The molecule has 0 heterocycles. The van der Waals surface area contributed by atoms with E-state index in [4.69, 9.17) is 0 Å². The van der Waals surface area contributed by atoms with Crippen LogP contribution in [-0.2, 0) is 10.0 Å². The molecule has 0 aliphatic heterocycles. The van der Waals surface area contributed by atoms with Crippen LogP contribution in [0.15, 0.2) is 48.5 Å². The van der Waals surface area contributed by atoms with Gasteiger partial charge in [0.2, 0.25) is 10.0 Å². The number of rotatable bonds is 7. The van der Waals surface area contributed by atoms with E-state index in [0.29, 0.717) is 23.7 Å². The van der Waals surface area contributed by atoms with E-state index < -0.39 is 10.0 Å². The van der Waals surface area contributed by atoms with Gasteiger partial charge in [-0.15, -0.1) is 0 Å². The molecule has 140 valence electrons. The molecule has 0 spiro atoms. The van der Waals surface area contributed by atoms with Crippen LogP contribution in [0.3, 0.4) is 0 Å². The van der Waals surface area contributed by atoms with E-state index in [0.717, 1.165) is 11.3 Å². The maximum atomic E-state index is 12.5. The number of nitrogens with zero attached hydrogens (tertiary/aromatic N) is 1. The zero-order valence-corrected chi connectivity index (χ0v) is 16.5. The van der Waals surface area contributed by atoms with Crippen molar-refractivity contribution in [3.63, 3.8) is 0 Å². The first-order chi connectivity index (χ1) is 12.3. The van der Waals surface area contributed by atoms with Gasteiger partial charge in [-0.1, -0.05) is 32.0 Å². The molecule has 0 atom stereocenters. The van der Waals surface area contributed by atoms with Gasteiger partial charge in [-0.3, -0.25) is 9.10 Å². The number of carbonyl (C=O) groups excluding carboxylic acids is 1. The quantitative estimate of drug-likeness (QED) is 0.788. The first kappa shape index (κ1) is 20.0. The van der Waals surface area contributed by atoms with E-state index in [1.807, 2.05) is 24.3 Å². The highest BCUT2D eigenvalue weighted by atomic mass is 32.2. The minimum Gasteiger partial charge on any atom is -0.322 e. The highest BCUT2D eigenvalue weighted by Crippen LogP contribution is 2.25. The average Bonchev–Trinajstić information content (AvgIpc) is 2.63. The first-order valence-corrected chi connectivity index (χ1v) is 10.4. The number of hydrogen-bond donors (Lipinski definition) is 1. The van der Waals surface area contributed by atoms with Crippen LogP contribution in [0.2, 0.25) is 0 Å². The Bertz CT molecular complexity index is 859. The fourth-order valence-corrected chi connectivity index (χ4v) is 3.93. The predicted octanol–water partition coefficient (Wildman–Crippen LogP) is 4.24. The van der Waals surface area contributed by atoms with Crippen LogP contribution in [0.1, 0.15) is 49.5 Å². The maximum absolute atomic E-state index is 12.5. The van der Waals surface area contributed by atoms with Gasteiger partial charge >= 0.3 is 0 Å². The second-order valence-corrected chi connectivity index (χ2v) is 8.49. The highest BCUT2D eigenvalue weighted by molar-refractivity contribution is 7.92. The molecule has 0 aliphatic carbocycles. The monoisotopic (exact) mass is 374 g/mol. The van der Waals surface area contributed by atoms with Crippen LogP contribution < -0.4 is 9.62 Å². The van der Waals surface area contributed by atoms with Gasteiger partial charge in [0.15, 0.2) is 0 Å². The summed E-state index contributed by atoms with van der Waals surface area (Å²) in [4.78, 5) is 12.5. The lowest BCUT2D eigenvalue weighted by molar-refractivity contribution is 0.102. The fourth-order valence-electron chi connectivity index (χ4n) is 2.78. The summed E-state index contributed by atoms with van der Waals surface area (Å²) in [5.74, 6) is 0.118. The topological polar surface area (TPSA) is 66.5 Å². The second kappa shape index (κ2) is 8.36. The molecule has 6 heteroatoms. The molecule has 2 rings (SSSR count). The lowest BCUT2D eigenvalue weighted by Crippen LogP contribution is -2.32. The Kier molecular flexibility index (Phi) is 6.42. The van der Waals surface area contributed by atoms with Crippen molar-refractivity contribution in [1.82, 2.24) is 0 Å². The summed E-state index contributed by atoms with van der Waals surface area (Å²) in [5, 5.41) is 2.94. The van der Waals surface area contributed by atoms with Gasteiger partial charge in [0, 0.05) is 17.8 Å². The van der Waals surface area contributed by atoms with Gasteiger partial charge in [-0.25, -0.2) is 8.42 Å². The Hall–Kier alpha value is -2.34. The van der Waals surface area contributed by atoms with Gasteiger partial charge in [-0.05, 0) is 55.7 Å². The van der Waals surface area contributed by atoms with Crippen molar-refractivity contribution in [1.29, 1.82) is 0 Å². The van der Waals surface area contributed by atoms with Gasteiger partial charge < -0.3 is 5.32 Å². The Balaban J connectivity index is 2.22. The van der Waals surface area contributed by atoms with E-state index in [1.54, 1.807) is 38.1 Å². The summed E-state index contributed by atoms with van der Waals surface area (Å²) in [6.07, 6.45) is 0. The Morgan fingerprint density at radius 1 is 1.04 bits per heavy atom. The molecule has 2 aromatic rings. The number of sulfonamides is 1. The SMILES string of the molecule is CCN(c1ccc(C(=O)Nc2ccccc2C(C)C)cc1)S(=O)(=O)CC. The third kappa shape index (κ3) is 4.43. The number of amides is 1. The van der Waals surface area contributed by atoms with Crippen molar-refractivity contribution in [2.45, 2.75) is 33.6 Å². The van der Waals surface area contributed by atoms with E-state index in [1.165, 1.54) is 4.31 Å². The van der Waals surface area contributed by atoms with Gasteiger partial charge in [0.1, 0.15) is 0 Å². The number of hydrogen-bond acceptors (Lipinski definition) is 3. The van der Waals surface area contributed by atoms with Crippen LogP contribution >= 0.6 is 0 Å². The zero-order valence-electron chi connectivity index (χ0n) is 15.7. The van der Waals surface area contributed by atoms with Crippen molar-refractivity contribution in [2.24, 2.45) is 0 Å². The Morgan fingerprint density at radius 3 is 2.19 bits per heavy atom. The van der Waals surface area contributed by atoms with Crippen LogP contribution in [0.5, 0.6) is 0 Å². The van der Waals surface area contributed by atoms with Gasteiger partial charge in [0.25, 0.3) is 5.91 Å². The Labute approximate surface area is 156 Å². The molecule has 0 aliphatic rings. The third-order valence-corrected chi connectivity index (χ3v) is 6.11. The van der Waals surface area contributed by atoms with Gasteiger partial charge in [0.05, 0.1) is 11.4 Å². The van der Waals surface area contributed by atoms with Crippen LogP contribution in [0, 0.1) is 0 Å². The number of nitrogens with one attached hydrogen (secondary N) is 1. The van der Waals surface area contributed by atoms with E-state index in [9.17, 15) is 13.2 Å². The second-order valence-electron chi connectivity index (χ2n) is 6.31. The normalized spacial score (nSPS) is 11.4. The molecule has 0 radical (unpaired) electrons. The zero-order chi connectivity index (χ0) is 19.3. The summed E-state index contributed by atoms with van der Waals surface area (Å²) >= 11 is 0. The molecule has 0 fully saturated rings. The maximum Gasteiger partial charge on any atom is 0.255 e. The number of para-hydroxylation sites is 1. The molecule has 0 bridgehead atoms. The molecule has 2 aromatic carbocycles. The summed E-state index contributed by atoms with van der Waals surface area (Å²) in [6, 6.07) is 14.4. The molecule has 1 N–H and O–H groups in total. The van der Waals surface area contributed by atoms with Crippen molar-refractivity contribution in [3.05, 3.63) is 59.7 Å². The van der Waals surface area contributed by atoms with Crippen LogP contribution in [-0.4, -0.2) is 26.6 Å². The predicted molar refractivity (Wildman–Crippen MR) is 107 cm³/mol. The largest absolute Gasteiger partial charge is 0.322 e. The molecule has 0 unspecified atom stereocenters. The highest BCUT2D eigenvalue weighted by Gasteiger charge is 2.19. The summed E-state index contributed by atoms with van der Waals surface area (Å²) in [7, 11) is -3.33. The molecule has 0 saturated carbocycles. The van der Waals surface area contributed by atoms with Gasteiger partial charge in [-0.2, -0.15) is 0 Å². The molecule has 0 saturated heterocycles. The molecule has 26 heavy (non-hydrogen) atoms. The number of anilines is 2.